The predicted molar refractivity (Wildman–Crippen MR) is 95.7 cm³/mol. The summed E-state index contributed by atoms with van der Waals surface area (Å²) < 4.78 is 10.7. The average molecular weight is 334 g/mol. The second-order valence-corrected chi connectivity index (χ2v) is 5.65. The van der Waals surface area contributed by atoms with Crippen LogP contribution in [0.3, 0.4) is 0 Å². The molecule has 2 aromatic rings. The van der Waals surface area contributed by atoms with Crippen molar-refractivity contribution in [2.75, 3.05) is 31.9 Å². The predicted octanol–water partition coefficient (Wildman–Crippen LogP) is 2.58. The van der Waals surface area contributed by atoms with Gasteiger partial charge in [-0.2, -0.15) is 4.98 Å². The number of aliphatic hydroxyl groups is 1. The molecule has 7 nitrogen and oxygen atoms in total. The van der Waals surface area contributed by atoms with Crippen LogP contribution in [0.1, 0.15) is 32.6 Å². The largest absolute Gasteiger partial charge is 0.493 e. The number of nitrogens with two attached hydrogens (primary N) is 1. The van der Waals surface area contributed by atoms with E-state index in [9.17, 15) is 5.11 Å². The molecule has 1 aromatic carbocycles. The van der Waals surface area contributed by atoms with Crippen LogP contribution >= 0.6 is 0 Å². The SMILES string of the molecule is CCCC[C@@H](CCO)Nc1nc(N)nc2cc(OC)c(OC)cc12. The molecule has 132 valence electrons. The fraction of sp³-hybridized carbons (Fsp3) is 0.529. The number of ether oxygens (including phenoxy) is 2. The number of anilines is 2. The van der Waals surface area contributed by atoms with Gasteiger partial charge in [-0.25, -0.2) is 4.98 Å². The van der Waals surface area contributed by atoms with Crippen LogP contribution < -0.4 is 20.5 Å². The smallest absolute Gasteiger partial charge is 0.222 e. The molecule has 0 bridgehead atoms. The number of benzene rings is 1. The molecule has 4 N–H and O–H groups in total. The molecular weight excluding hydrogens is 308 g/mol. The number of aliphatic hydroxyl groups excluding tert-OH is 1. The Labute approximate surface area is 142 Å². The van der Waals surface area contributed by atoms with Crippen LogP contribution in [0, 0.1) is 0 Å². The van der Waals surface area contributed by atoms with Gasteiger partial charge in [0, 0.05) is 24.1 Å². The van der Waals surface area contributed by atoms with Gasteiger partial charge < -0.3 is 25.6 Å². The molecule has 24 heavy (non-hydrogen) atoms. The van der Waals surface area contributed by atoms with Gasteiger partial charge in [0.05, 0.1) is 19.7 Å². The first-order valence-electron chi connectivity index (χ1n) is 8.19. The Hall–Kier alpha value is -2.28. The van der Waals surface area contributed by atoms with Gasteiger partial charge in [-0.15, -0.1) is 0 Å². The summed E-state index contributed by atoms with van der Waals surface area (Å²) in [6.45, 7) is 2.27. The highest BCUT2D eigenvalue weighted by Crippen LogP contribution is 2.34. The summed E-state index contributed by atoms with van der Waals surface area (Å²) in [6, 6.07) is 3.75. The van der Waals surface area contributed by atoms with Crippen molar-refractivity contribution in [2.24, 2.45) is 0 Å². The summed E-state index contributed by atoms with van der Waals surface area (Å²) in [5.41, 5.74) is 6.53. The third kappa shape index (κ3) is 4.17. The monoisotopic (exact) mass is 334 g/mol. The van der Waals surface area contributed by atoms with Crippen LogP contribution in [-0.4, -0.2) is 41.9 Å². The van der Waals surface area contributed by atoms with E-state index < -0.39 is 0 Å². The third-order valence-electron chi connectivity index (χ3n) is 3.94. The molecule has 0 spiro atoms. The highest BCUT2D eigenvalue weighted by molar-refractivity contribution is 5.92. The molecule has 0 radical (unpaired) electrons. The molecule has 0 amide bonds. The van der Waals surface area contributed by atoms with E-state index in [0.717, 1.165) is 24.6 Å². The van der Waals surface area contributed by atoms with Crippen molar-refractivity contribution in [3.05, 3.63) is 12.1 Å². The van der Waals surface area contributed by atoms with Crippen LogP contribution in [0.4, 0.5) is 11.8 Å². The van der Waals surface area contributed by atoms with E-state index in [0.29, 0.717) is 29.3 Å². The van der Waals surface area contributed by atoms with Gasteiger partial charge in [0.2, 0.25) is 5.95 Å². The second-order valence-electron chi connectivity index (χ2n) is 5.65. The Kier molecular flexibility index (Phi) is 6.43. The molecule has 1 heterocycles. The maximum absolute atomic E-state index is 9.30. The van der Waals surface area contributed by atoms with E-state index in [1.807, 2.05) is 6.07 Å². The van der Waals surface area contributed by atoms with Crippen molar-refractivity contribution >= 4 is 22.7 Å². The fourth-order valence-corrected chi connectivity index (χ4v) is 2.67. The first-order chi connectivity index (χ1) is 11.6. The van der Waals surface area contributed by atoms with E-state index >= 15 is 0 Å². The number of nitrogens with zero attached hydrogens (tertiary/aromatic N) is 2. The topological polar surface area (TPSA) is 103 Å². The lowest BCUT2D eigenvalue weighted by Crippen LogP contribution is -2.22. The minimum atomic E-state index is 0.122. The summed E-state index contributed by atoms with van der Waals surface area (Å²) in [6.07, 6.45) is 3.78. The average Bonchev–Trinajstić information content (AvgIpc) is 2.58. The Morgan fingerprint density at radius 2 is 1.88 bits per heavy atom. The van der Waals surface area contributed by atoms with Crippen molar-refractivity contribution in [2.45, 2.75) is 38.6 Å². The van der Waals surface area contributed by atoms with Crippen LogP contribution in [0.25, 0.3) is 10.9 Å². The van der Waals surface area contributed by atoms with E-state index in [-0.39, 0.29) is 18.6 Å². The zero-order valence-corrected chi connectivity index (χ0v) is 14.5. The molecule has 0 fully saturated rings. The van der Waals surface area contributed by atoms with Crippen LogP contribution in [0.15, 0.2) is 12.1 Å². The molecule has 1 atom stereocenters. The summed E-state index contributed by atoms with van der Waals surface area (Å²) in [5, 5.41) is 13.5. The maximum Gasteiger partial charge on any atom is 0.222 e. The first kappa shape index (κ1) is 18.1. The van der Waals surface area contributed by atoms with Crippen LogP contribution in [0.2, 0.25) is 0 Å². The highest BCUT2D eigenvalue weighted by Gasteiger charge is 2.15. The van der Waals surface area contributed by atoms with E-state index in [1.54, 1.807) is 20.3 Å². The number of unbranched alkanes of at least 4 members (excludes halogenated alkanes) is 1. The van der Waals surface area contributed by atoms with Crippen molar-refractivity contribution in [3.63, 3.8) is 0 Å². The maximum atomic E-state index is 9.30. The molecule has 0 aliphatic rings. The van der Waals surface area contributed by atoms with Gasteiger partial charge in [-0.1, -0.05) is 19.8 Å². The molecule has 0 saturated carbocycles. The number of rotatable bonds is 9. The lowest BCUT2D eigenvalue weighted by atomic mass is 10.1. The quantitative estimate of drug-likeness (QED) is 0.647. The summed E-state index contributed by atoms with van der Waals surface area (Å²) in [4.78, 5) is 8.62. The molecule has 0 aliphatic heterocycles. The lowest BCUT2D eigenvalue weighted by Gasteiger charge is -2.20. The van der Waals surface area contributed by atoms with Crippen LogP contribution in [-0.2, 0) is 0 Å². The summed E-state index contributed by atoms with van der Waals surface area (Å²) in [5.74, 6) is 2.03. The summed E-state index contributed by atoms with van der Waals surface area (Å²) >= 11 is 0. The normalized spacial score (nSPS) is 12.2. The number of nitrogens with one attached hydrogen (secondary N) is 1. The number of nitrogen functional groups attached to an aromatic ring is 1. The molecule has 0 aliphatic carbocycles. The standard InChI is InChI=1S/C17H26N4O3/c1-4-5-6-11(7-8-22)19-16-12-9-14(23-2)15(24-3)10-13(12)20-17(18)21-16/h9-11,22H,4-8H2,1-3H3,(H3,18,19,20,21)/t11-/m0/s1. The molecular formula is C17H26N4O3. The third-order valence-corrected chi connectivity index (χ3v) is 3.94. The minimum Gasteiger partial charge on any atom is -0.493 e. The Morgan fingerprint density at radius 1 is 1.17 bits per heavy atom. The molecule has 0 unspecified atom stereocenters. The minimum absolute atomic E-state index is 0.122. The van der Waals surface area contributed by atoms with Crippen molar-refractivity contribution in [1.29, 1.82) is 0 Å². The second kappa shape index (κ2) is 8.54. The van der Waals surface area contributed by atoms with Gasteiger partial charge in [-0.3, -0.25) is 0 Å². The number of aromatic nitrogens is 2. The number of hydrogen-bond acceptors (Lipinski definition) is 7. The molecule has 2 rings (SSSR count). The van der Waals surface area contributed by atoms with Crippen LogP contribution in [0.5, 0.6) is 11.5 Å². The van der Waals surface area contributed by atoms with Gasteiger partial charge >= 0.3 is 0 Å². The van der Waals surface area contributed by atoms with Gasteiger partial charge in [0.25, 0.3) is 0 Å². The van der Waals surface area contributed by atoms with E-state index in [2.05, 4.69) is 22.2 Å². The van der Waals surface area contributed by atoms with Gasteiger partial charge in [0.1, 0.15) is 5.82 Å². The number of hydrogen-bond donors (Lipinski definition) is 3. The van der Waals surface area contributed by atoms with Crippen molar-refractivity contribution in [3.8, 4) is 11.5 Å². The molecule has 0 saturated heterocycles. The number of fused-ring (bicyclic) bond motifs is 1. The van der Waals surface area contributed by atoms with Crippen molar-refractivity contribution < 1.29 is 14.6 Å². The van der Waals surface area contributed by atoms with Crippen molar-refractivity contribution in [1.82, 2.24) is 9.97 Å². The Morgan fingerprint density at radius 3 is 2.50 bits per heavy atom. The highest BCUT2D eigenvalue weighted by atomic mass is 16.5. The van der Waals surface area contributed by atoms with E-state index in [1.165, 1.54) is 0 Å². The lowest BCUT2D eigenvalue weighted by molar-refractivity contribution is 0.276. The van der Waals surface area contributed by atoms with Gasteiger partial charge in [-0.05, 0) is 18.9 Å². The Bertz CT molecular complexity index is 678. The fourth-order valence-electron chi connectivity index (χ4n) is 2.67. The molecule has 7 heteroatoms. The Balaban J connectivity index is 2.43. The zero-order chi connectivity index (χ0) is 17.5. The summed E-state index contributed by atoms with van der Waals surface area (Å²) in [7, 11) is 3.17. The zero-order valence-electron chi connectivity index (χ0n) is 14.5. The first-order valence-corrected chi connectivity index (χ1v) is 8.19. The van der Waals surface area contributed by atoms with Gasteiger partial charge in [0.15, 0.2) is 11.5 Å². The number of methoxy groups -OCH3 is 2. The molecule has 1 aromatic heterocycles. The van der Waals surface area contributed by atoms with E-state index in [4.69, 9.17) is 15.2 Å².